The first-order valence-corrected chi connectivity index (χ1v) is 9.78. The molecular weight excluding hydrogens is 368 g/mol. The van der Waals surface area contributed by atoms with Gasteiger partial charge >= 0.3 is 5.97 Å². The molecule has 1 aliphatic heterocycles. The third kappa shape index (κ3) is 3.37. The predicted octanol–water partition coefficient (Wildman–Crippen LogP) is 3.26. The number of likely N-dealkylation sites (tertiary alicyclic amines) is 1. The Hall–Kier alpha value is -3.22. The van der Waals surface area contributed by atoms with Crippen molar-refractivity contribution < 1.29 is 14.7 Å². The van der Waals surface area contributed by atoms with Crippen LogP contribution < -0.4 is 0 Å². The van der Waals surface area contributed by atoms with Crippen LogP contribution in [0.5, 0.6) is 0 Å². The Morgan fingerprint density at radius 2 is 1.90 bits per heavy atom. The van der Waals surface area contributed by atoms with Gasteiger partial charge in [0.05, 0.1) is 23.4 Å². The molecule has 1 saturated heterocycles. The average Bonchev–Trinajstić information content (AvgIpc) is 3.32. The molecule has 2 aromatic heterocycles. The summed E-state index contributed by atoms with van der Waals surface area (Å²) in [5, 5.41) is 14.9. The normalized spacial score (nSPS) is 19.2. The maximum atomic E-state index is 13.3. The van der Waals surface area contributed by atoms with Crippen molar-refractivity contribution >= 4 is 22.9 Å². The molecule has 1 aliphatic rings. The second-order valence-corrected chi connectivity index (χ2v) is 7.89. The van der Waals surface area contributed by atoms with Crippen molar-refractivity contribution in [2.45, 2.75) is 32.7 Å². The van der Waals surface area contributed by atoms with Gasteiger partial charge in [0.1, 0.15) is 0 Å². The van der Waals surface area contributed by atoms with Crippen molar-refractivity contribution in [1.29, 1.82) is 0 Å². The highest BCUT2D eigenvalue weighted by atomic mass is 16.4. The number of rotatable bonds is 4. The minimum Gasteiger partial charge on any atom is -0.481 e. The first kappa shape index (κ1) is 19.1. The number of aliphatic carboxylic acids is 1. The van der Waals surface area contributed by atoms with E-state index in [0.717, 1.165) is 16.6 Å². The molecular formula is C22H24N4O3. The number of aryl methyl sites for hydroxylation is 1. The minimum atomic E-state index is -0.877. The van der Waals surface area contributed by atoms with Crippen LogP contribution in [-0.4, -0.2) is 49.7 Å². The van der Waals surface area contributed by atoms with Gasteiger partial charge in [-0.1, -0.05) is 30.3 Å². The summed E-state index contributed by atoms with van der Waals surface area (Å²) in [7, 11) is 0. The van der Waals surface area contributed by atoms with E-state index in [2.05, 4.69) is 10.1 Å². The summed E-state index contributed by atoms with van der Waals surface area (Å²) in [6.07, 6.45) is 1.72. The predicted molar refractivity (Wildman–Crippen MR) is 109 cm³/mol. The van der Waals surface area contributed by atoms with E-state index < -0.39 is 11.9 Å². The molecule has 1 amide bonds. The fourth-order valence-electron chi connectivity index (χ4n) is 4.09. The van der Waals surface area contributed by atoms with E-state index in [0.29, 0.717) is 17.8 Å². The van der Waals surface area contributed by atoms with Gasteiger partial charge in [-0.25, -0.2) is 9.67 Å². The Morgan fingerprint density at radius 3 is 2.55 bits per heavy atom. The van der Waals surface area contributed by atoms with Crippen molar-refractivity contribution in [3.8, 4) is 0 Å². The number of carbonyl (C=O) groups is 2. The highest BCUT2D eigenvalue weighted by Crippen LogP contribution is 2.34. The smallest absolute Gasteiger partial charge is 0.308 e. The van der Waals surface area contributed by atoms with E-state index >= 15 is 0 Å². The lowest BCUT2D eigenvalue weighted by Gasteiger charge is -2.18. The number of benzene rings is 1. The van der Waals surface area contributed by atoms with Crippen molar-refractivity contribution in [3.05, 3.63) is 59.4 Å². The second kappa shape index (κ2) is 7.31. The van der Waals surface area contributed by atoms with Gasteiger partial charge in [-0.15, -0.1) is 0 Å². The number of hydrogen-bond donors (Lipinski definition) is 1. The zero-order valence-corrected chi connectivity index (χ0v) is 16.7. The minimum absolute atomic E-state index is 0.169. The van der Waals surface area contributed by atoms with Gasteiger partial charge in [-0.3, -0.25) is 9.59 Å². The lowest BCUT2D eigenvalue weighted by Crippen LogP contribution is -2.30. The first-order chi connectivity index (χ1) is 13.9. The number of amides is 1. The first-order valence-electron chi connectivity index (χ1n) is 9.78. The van der Waals surface area contributed by atoms with Crippen molar-refractivity contribution in [2.24, 2.45) is 5.92 Å². The Labute approximate surface area is 169 Å². The number of hydrogen-bond acceptors (Lipinski definition) is 4. The van der Waals surface area contributed by atoms with E-state index in [1.165, 1.54) is 0 Å². The van der Waals surface area contributed by atoms with Crippen molar-refractivity contribution in [1.82, 2.24) is 19.7 Å². The standard InChI is InChI=1S/C22H24N4O3/c1-13(2)26-20-16(10-23-26)9-17(14(3)24-20)21(27)25-11-18(19(12-25)22(28)29)15-7-5-4-6-8-15/h4-10,13,18-19H,11-12H2,1-3H3,(H,28,29)/t18-,19-/m0/s1. The number of nitrogens with zero attached hydrogens (tertiary/aromatic N) is 4. The topological polar surface area (TPSA) is 88.3 Å². The lowest BCUT2D eigenvalue weighted by molar-refractivity contribution is -0.141. The maximum Gasteiger partial charge on any atom is 0.308 e. The van der Waals surface area contributed by atoms with Gasteiger partial charge < -0.3 is 10.0 Å². The average molecular weight is 392 g/mol. The molecule has 0 saturated carbocycles. The van der Waals surface area contributed by atoms with Gasteiger partial charge in [0, 0.05) is 30.4 Å². The number of aromatic nitrogens is 3. The zero-order chi connectivity index (χ0) is 20.7. The highest BCUT2D eigenvalue weighted by molar-refractivity contribution is 5.98. The quantitative estimate of drug-likeness (QED) is 0.736. The number of fused-ring (bicyclic) bond motifs is 1. The van der Waals surface area contributed by atoms with E-state index in [-0.39, 0.29) is 24.4 Å². The monoisotopic (exact) mass is 392 g/mol. The molecule has 2 atom stereocenters. The highest BCUT2D eigenvalue weighted by Gasteiger charge is 2.41. The number of pyridine rings is 1. The fourth-order valence-corrected chi connectivity index (χ4v) is 4.09. The van der Waals surface area contributed by atoms with Crippen LogP contribution in [0.4, 0.5) is 0 Å². The SMILES string of the molecule is Cc1nc2c(cnn2C(C)C)cc1C(=O)N1C[C@H](C(=O)O)[C@H](c2ccccc2)C1. The number of carboxylic acids is 1. The summed E-state index contributed by atoms with van der Waals surface area (Å²) in [5.74, 6) is -1.91. The van der Waals surface area contributed by atoms with Crippen molar-refractivity contribution in [2.75, 3.05) is 13.1 Å². The number of carbonyl (C=O) groups excluding carboxylic acids is 1. The lowest BCUT2D eigenvalue weighted by atomic mass is 9.89. The molecule has 7 nitrogen and oxygen atoms in total. The molecule has 29 heavy (non-hydrogen) atoms. The fraction of sp³-hybridized carbons (Fsp3) is 0.364. The third-order valence-corrected chi connectivity index (χ3v) is 5.63. The summed E-state index contributed by atoms with van der Waals surface area (Å²) in [4.78, 5) is 31.4. The van der Waals surface area contributed by atoms with Crippen LogP contribution >= 0.6 is 0 Å². The summed E-state index contributed by atoms with van der Waals surface area (Å²) in [6.45, 7) is 6.44. The Kier molecular flexibility index (Phi) is 4.82. The summed E-state index contributed by atoms with van der Waals surface area (Å²) < 4.78 is 1.83. The Morgan fingerprint density at radius 1 is 1.17 bits per heavy atom. The molecule has 150 valence electrons. The molecule has 1 N–H and O–H groups in total. The molecule has 3 aromatic rings. The van der Waals surface area contributed by atoms with E-state index in [9.17, 15) is 14.7 Å². The van der Waals surface area contributed by atoms with Crippen LogP contribution in [0.2, 0.25) is 0 Å². The number of carboxylic acid groups (broad SMARTS) is 1. The summed E-state index contributed by atoms with van der Waals surface area (Å²) in [6, 6.07) is 11.5. The van der Waals surface area contributed by atoms with Crippen LogP contribution in [0.1, 0.15) is 47.4 Å². The van der Waals surface area contributed by atoms with Crippen LogP contribution in [-0.2, 0) is 4.79 Å². The van der Waals surface area contributed by atoms with Crippen LogP contribution in [0.3, 0.4) is 0 Å². The maximum absolute atomic E-state index is 13.3. The zero-order valence-electron chi connectivity index (χ0n) is 16.7. The Bertz CT molecular complexity index is 1070. The van der Waals surface area contributed by atoms with Crippen LogP contribution in [0.15, 0.2) is 42.6 Å². The van der Waals surface area contributed by atoms with Gasteiger partial charge in [-0.2, -0.15) is 5.10 Å². The molecule has 3 heterocycles. The molecule has 0 spiro atoms. The largest absolute Gasteiger partial charge is 0.481 e. The molecule has 0 unspecified atom stereocenters. The summed E-state index contributed by atoms with van der Waals surface area (Å²) in [5.41, 5.74) is 2.82. The molecule has 1 aromatic carbocycles. The van der Waals surface area contributed by atoms with Gasteiger partial charge in [-0.05, 0) is 32.4 Å². The van der Waals surface area contributed by atoms with E-state index in [1.54, 1.807) is 11.1 Å². The van der Waals surface area contributed by atoms with Gasteiger partial charge in [0.2, 0.25) is 0 Å². The second-order valence-electron chi connectivity index (χ2n) is 7.89. The van der Waals surface area contributed by atoms with Gasteiger partial charge in [0.25, 0.3) is 5.91 Å². The van der Waals surface area contributed by atoms with Crippen LogP contribution in [0.25, 0.3) is 11.0 Å². The summed E-state index contributed by atoms with van der Waals surface area (Å²) >= 11 is 0. The molecule has 0 bridgehead atoms. The molecule has 4 rings (SSSR count). The third-order valence-electron chi connectivity index (χ3n) is 5.63. The molecule has 7 heteroatoms. The van der Waals surface area contributed by atoms with Crippen LogP contribution in [0, 0.1) is 12.8 Å². The molecule has 1 fully saturated rings. The molecule has 0 radical (unpaired) electrons. The Balaban J connectivity index is 1.66. The van der Waals surface area contributed by atoms with Crippen molar-refractivity contribution in [3.63, 3.8) is 0 Å². The molecule has 0 aliphatic carbocycles. The van der Waals surface area contributed by atoms with Gasteiger partial charge in [0.15, 0.2) is 5.65 Å². The van der Waals surface area contributed by atoms with E-state index in [4.69, 9.17) is 0 Å². The van der Waals surface area contributed by atoms with E-state index in [1.807, 2.05) is 61.9 Å².